The van der Waals surface area contributed by atoms with Crippen LogP contribution in [0.3, 0.4) is 0 Å². The average molecular weight is 356 g/mol. The van der Waals surface area contributed by atoms with Gasteiger partial charge in [-0.25, -0.2) is 0 Å². The Labute approximate surface area is 154 Å². The Hall–Kier alpha value is -2.15. The number of piperidine rings is 1. The number of hydrogen-bond donors (Lipinski definition) is 1. The highest BCUT2D eigenvalue weighted by molar-refractivity contribution is 5.92. The monoisotopic (exact) mass is 356 g/mol. The Kier molecular flexibility index (Phi) is 4.56. The van der Waals surface area contributed by atoms with E-state index in [1.54, 1.807) is 0 Å². The SMILES string of the molecule is Cc1nn(C)c(C)c1C1CCCN1C(=O)c1ccn(C2CCCNC2)n1. The van der Waals surface area contributed by atoms with Gasteiger partial charge in [0.15, 0.2) is 0 Å². The van der Waals surface area contributed by atoms with Gasteiger partial charge in [0.2, 0.25) is 0 Å². The second kappa shape index (κ2) is 6.87. The largest absolute Gasteiger partial charge is 0.330 e. The summed E-state index contributed by atoms with van der Waals surface area (Å²) in [6.45, 7) is 6.91. The molecule has 0 bridgehead atoms. The minimum Gasteiger partial charge on any atom is -0.330 e. The van der Waals surface area contributed by atoms with Crippen LogP contribution < -0.4 is 5.32 Å². The Morgan fingerprint density at radius 2 is 2.08 bits per heavy atom. The highest BCUT2D eigenvalue weighted by atomic mass is 16.2. The van der Waals surface area contributed by atoms with E-state index >= 15 is 0 Å². The number of aryl methyl sites for hydroxylation is 2. The van der Waals surface area contributed by atoms with Crippen LogP contribution in [0.1, 0.15) is 65.2 Å². The van der Waals surface area contributed by atoms with Crippen LogP contribution in [0.5, 0.6) is 0 Å². The first kappa shape index (κ1) is 17.3. The van der Waals surface area contributed by atoms with E-state index in [0.29, 0.717) is 11.7 Å². The summed E-state index contributed by atoms with van der Waals surface area (Å²) in [7, 11) is 1.97. The molecule has 0 aliphatic carbocycles. The molecule has 1 N–H and O–H groups in total. The first-order valence-electron chi connectivity index (χ1n) is 9.63. The lowest BCUT2D eigenvalue weighted by Gasteiger charge is -2.25. The minimum absolute atomic E-state index is 0.0395. The molecule has 140 valence electrons. The predicted octanol–water partition coefficient (Wildman–Crippen LogP) is 2.14. The molecule has 0 spiro atoms. The van der Waals surface area contributed by atoms with E-state index in [4.69, 9.17) is 0 Å². The van der Waals surface area contributed by atoms with Crippen LogP contribution in [0.15, 0.2) is 12.3 Å². The summed E-state index contributed by atoms with van der Waals surface area (Å²) in [5.41, 5.74) is 3.93. The van der Waals surface area contributed by atoms with Gasteiger partial charge in [0.25, 0.3) is 5.91 Å². The molecule has 2 aliphatic rings. The molecule has 26 heavy (non-hydrogen) atoms. The lowest BCUT2D eigenvalue weighted by Crippen LogP contribution is -2.33. The summed E-state index contributed by atoms with van der Waals surface area (Å²) in [6.07, 6.45) is 6.24. The van der Waals surface area contributed by atoms with Gasteiger partial charge in [-0.1, -0.05) is 0 Å². The van der Waals surface area contributed by atoms with Gasteiger partial charge < -0.3 is 10.2 Å². The molecule has 2 atom stereocenters. The lowest BCUT2D eigenvalue weighted by atomic mass is 10.0. The topological polar surface area (TPSA) is 68.0 Å². The van der Waals surface area contributed by atoms with Crippen molar-refractivity contribution < 1.29 is 4.79 Å². The fourth-order valence-corrected chi connectivity index (χ4v) is 4.44. The molecule has 2 saturated heterocycles. The maximum atomic E-state index is 13.2. The Bertz CT molecular complexity index is 801. The number of hydrogen-bond acceptors (Lipinski definition) is 4. The first-order valence-corrected chi connectivity index (χ1v) is 9.63. The zero-order valence-corrected chi connectivity index (χ0v) is 15.9. The van der Waals surface area contributed by atoms with Gasteiger partial charge in [-0.3, -0.25) is 14.2 Å². The van der Waals surface area contributed by atoms with E-state index < -0.39 is 0 Å². The molecule has 2 fully saturated rings. The molecule has 2 unspecified atom stereocenters. The van der Waals surface area contributed by atoms with Crippen LogP contribution in [0.25, 0.3) is 0 Å². The first-order chi connectivity index (χ1) is 12.6. The van der Waals surface area contributed by atoms with Gasteiger partial charge in [-0.2, -0.15) is 10.2 Å². The molecule has 7 heteroatoms. The van der Waals surface area contributed by atoms with Crippen LogP contribution in [0.4, 0.5) is 0 Å². The van der Waals surface area contributed by atoms with Gasteiger partial charge in [0, 0.05) is 37.6 Å². The second-order valence-corrected chi connectivity index (χ2v) is 7.55. The zero-order chi connectivity index (χ0) is 18.3. The maximum Gasteiger partial charge on any atom is 0.274 e. The van der Waals surface area contributed by atoms with Gasteiger partial charge >= 0.3 is 0 Å². The van der Waals surface area contributed by atoms with Crippen molar-refractivity contribution in [2.24, 2.45) is 7.05 Å². The van der Waals surface area contributed by atoms with Crippen molar-refractivity contribution in [1.29, 1.82) is 0 Å². The van der Waals surface area contributed by atoms with Crippen molar-refractivity contribution in [1.82, 2.24) is 29.8 Å². The summed E-state index contributed by atoms with van der Waals surface area (Å²) in [6, 6.07) is 2.33. The van der Waals surface area contributed by atoms with E-state index in [1.165, 1.54) is 5.56 Å². The van der Waals surface area contributed by atoms with Crippen LogP contribution in [0, 0.1) is 13.8 Å². The van der Waals surface area contributed by atoms with E-state index in [2.05, 4.69) is 22.4 Å². The summed E-state index contributed by atoms with van der Waals surface area (Å²) in [5, 5.41) is 12.6. The quantitative estimate of drug-likeness (QED) is 0.915. The Morgan fingerprint density at radius 1 is 1.23 bits per heavy atom. The molecule has 2 aromatic rings. The van der Waals surface area contributed by atoms with Crippen LogP contribution >= 0.6 is 0 Å². The van der Waals surface area contributed by atoms with Crippen molar-refractivity contribution in [2.45, 2.75) is 51.6 Å². The molecule has 2 aromatic heterocycles. The molecule has 7 nitrogen and oxygen atoms in total. The van der Waals surface area contributed by atoms with Crippen molar-refractivity contribution in [3.8, 4) is 0 Å². The van der Waals surface area contributed by atoms with Crippen molar-refractivity contribution in [3.63, 3.8) is 0 Å². The highest BCUT2D eigenvalue weighted by Crippen LogP contribution is 2.36. The molecule has 2 aliphatic heterocycles. The predicted molar refractivity (Wildman–Crippen MR) is 99.1 cm³/mol. The number of nitrogens with one attached hydrogen (secondary N) is 1. The zero-order valence-electron chi connectivity index (χ0n) is 15.9. The van der Waals surface area contributed by atoms with Crippen LogP contribution in [-0.4, -0.2) is 50.0 Å². The van der Waals surface area contributed by atoms with E-state index in [0.717, 1.165) is 56.7 Å². The molecule has 1 amide bonds. The number of carbonyl (C=O) groups is 1. The Morgan fingerprint density at radius 3 is 2.77 bits per heavy atom. The van der Waals surface area contributed by atoms with E-state index in [1.807, 2.05) is 40.5 Å². The fourth-order valence-electron chi connectivity index (χ4n) is 4.44. The number of amides is 1. The molecule has 4 rings (SSSR count). The number of nitrogens with zero attached hydrogens (tertiary/aromatic N) is 5. The van der Waals surface area contributed by atoms with Crippen molar-refractivity contribution in [3.05, 3.63) is 34.9 Å². The average Bonchev–Trinajstić information content (AvgIpc) is 3.36. The molecular weight excluding hydrogens is 328 g/mol. The Balaban J connectivity index is 1.56. The maximum absolute atomic E-state index is 13.2. The van der Waals surface area contributed by atoms with E-state index in [-0.39, 0.29) is 11.9 Å². The van der Waals surface area contributed by atoms with Gasteiger partial charge in [0.05, 0.1) is 17.8 Å². The summed E-state index contributed by atoms with van der Waals surface area (Å²) in [4.78, 5) is 15.2. The lowest BCUT2D eigenvalue weighted by molar-refractivity contribution is 0.0727. The third-order valence-electron chi connectivity index (χ3n) is 5.88. The van der Waals surface area contributed by atoms with Gasteiger partial charge in [-0.15, -0.1) is 0 Å². The number of carbonyl (C=O) groups excluding carboxylic acids is 1. The normalized spacial score (nSPS) is 23.6. The standard InChI is InChI=1S/C19H28N6O/c1-13-18(14(2)23(3)21-13)17-7-5-10-24(17)19(26)16-8-11-25(22-16)15-6-4-9-20-12-15/h8,11,15,17,20H,4-7,9-10,12H2,1-3H3. The van der Waals surface area contributed by atoms with Gasteiger partial charge in [-0.05, 0) is 52.1 Å². The third kappa shape index (κ3) is 2.94. The second-order valence-electron chi connectivity index (χ2n) is 7.55. The smallest absolute Gasteiger partial charge is 0.274 e. The van der Waals surface area contributed by atoms with Crippen molar-refractivity contribution >= 4 is 5.91 Å². The minimum atomic E-state index is 0.0395. The molecule has 0 aromatic carbocycles. The number of aromatic nitrogens is 4. The molecule has 0 saturated carbocycles. The van der Waals surface area contributed by atoms with E-state index in [9.17, 15) is 4.79 Å². The van der Waals surface area contributed by atoms with Crippen molar-refractivity contribution in [2.75, 3.05) is 19.6 Å². The van der Waals surface area contributed by atoms with Gasteiger partial charge in [0.1, 0.15) is 5.69 Å². The molecule has 0 radical (unpaired) electrons. The molecule has 4 heterocycles. The summed E-state index contributed by atoms with van der Waals surface area (Å²) in [5.74, 6) is 0.0395. The van der Waals surface area contributed by atoms with Crippen LogP contribution in [-0.2, 0) is 7.05 Å². The molecular formula is C19H28N6O. The number of likely N-dealkylation sites (tertiary alicyclic amines) is 1. The summed E-state index contributed by atoms with van der Waals surface area (Å²) >= 11 is 0. The number of rotatable bonds is 3. The van der Waals surface area contributed by atoms with Crippen LogP contribution in [0.2, 0.25) is 0 Å². The summed E-state index contributed by atoms with van der Waals surface area (Å²) < 4.78 is 3.88. The highest BCUT2D eigenvalue weighted by Gasteiger charge is 2.35. The third-order valence-corrected chi connectivity index (χ3v) is 5.88. The fraction of sp³-hybridized carbons (Fsp3) is 0.632.